The van der Waals surface area contributed by atoms with Crippen LogP contribution < -0.4 is 5.32 Å². The first kappa shape index (κ1) is 19.5. The van der Waals surface area contributed by atoms with Crippen molar-refractivity contribution in [1.82, 2.24) is 29.5 Å². The lowest BCUT2D eigenvalue weighted by Gasteiger charge is -2.13. The number of nitrogens with one attached hydrogen (secondary N) is 1. The Labute approximate surface area is 175 Å². The number of fused-ring (bicyclic) bond motifs is 1. The average molecular weight is 424 g/mol. The SMILES string of the molecule is CC(Cn1ccc(-c2cc(F)c(C#N)c(Cl)c2)n1)NC(=O)c1cn2cccnc2n1. The third-order valence-electron chi connectivity index (χ3n) is 4.40. The molecule has 4 rings (SSSR count). The summed E-state index contributed by atoms with van der Waals surface area (Å²) in [7, 11) is 0. The molecule has 1 aromatic carbocycles. The number of amides is 1. The highest BCUT2D eigenvalue weighted by Crippen LogP contribution is 2.26. The number of imidazole rings is 1. The van der Waals surface area contributed by atoms with Gasteiger partial charge in [0.1, 0.15) is 23.1 Å². The van der Waals surface area contributed by atoms with Crippen LogP contribution in [0.4, 0.5) is 4.39 Å². The fraction of sp³-hybridized carbons (Fsp3) is 0.150. The molecule has 0 spiro atoms. The van der Waals surface area contributed by atoms with E-state index in [0.29, 0.717) is 23.6 Å². The summed E-state index contributed by atoms with van der Waals surface area (Å²) in [5.41, 5.74) is 1.04. The summed E-state index contributed by atoms with van der Waals surface area (Å²) in [6, 6.07) is 7.66. The van der Waals surface area contributed by atoms with Gasteiger partial charge in [0.2, 0.25) is 5.78 Å². The van der Waals surface area contributed by atoms with Gasteiger partial charge in [-0.3, -0.25) is 13.9 Å². The summed E-state index contributed by atoms with van der Waals surface area (Å²) in [4.78, 5) is 20.7. The zero-order valence-electron chi connectivity index (χ0n) is 15.8. The minimum Gasteiger partial charge on any atom is -0.346 e. The van der Waals surface area contributed by atoms with Crippen LogP contribution in [-0.2, 0) is 6.54 Å². The lowest BCUT2D eigenvalue weighted by molar-refractivity contribution is 0.0931. The number of carbonyl (C=O) groups is 1. The predicted octanol–water partition coefficient (Wildman–Crippen LogP) is 3.08. The minimum atomic E-state index is -0.697. The van der Waals surface area contributed by atoms with E-state index in [-0.39, 0.29) is 28.2 Å². The third-order valence-corrected chi connectivity index (χ3v) is 4.69. The molecule has 0 saturated carbocycles. The lowest BCUT2D eigenvalue weighted by atomic mass is 10.1. The van der Waals surface area contributed by atoms with Crippen molar-refractivity contribution in [2.45, 2.75) is 19.5 Å². The first-order chi connectivity index (χ1) is 14.4. The van der Waals surface area contributed by atoms with E-state index >= 15 is 0 Å². The maximum atomic E-state index is 14.0. The van der Waals surface area contributed by atoms with E-state index in [0.717, 1.165) is 0 Å². The van der Waals surface area contributed by atoms with E-state index < -0.39 is 5.82 Å². The Hall–Kier alpha value is -3.77. The van der Waals surface area contributed by atoms with E-state index in [9.17, 15) is 9.18 Å². The van der Waals surface area contributed by atoms with Crippen LogP contribution in [-0.4, -0.2) is 36.1 Å². The van der Waals surface area contributed by atoms with Gasteiger partial charge < -0.3 is 5.32 Å². The Morgan fingerprint density at radius 3 is 2.97 bits per heavy atom. The molecule has 150 valence electrons. The van der Waals surface area contributed by atoms with Crippen molar-refractivity contribution in [3.05, 3.63) is 71.2 Å². The van der Waals surface area contributed by atoms with Crippen molar-refractivity contribution >= 4 is 23.3 Å². The summed E-state index contributed by atoms with van der Waals surface area (Å²) < 4.78 is 17.3. The fourth-order valence-electron chi connectivity index (χ4n) is 3.01. The quantitative estimate of drug-likeness (QED) is 0.531. The van der Waals surface area contributed by atoms with Crippen LogP contribution in [0.5, 0.6) is 0 Å². The monoisotopic (exact) mass is 423 g/mol. The van der Waals surface area contributed by atoms with E-state index in [1.807, 2.05) is 6.92 Å². The van der Waals surface area contributed by atoms with Gasteiger partial charge in [-0.15, -0.1) is 0 Å². The van der Waals surface area contributed by atoms with E-state index in [1.54, 1.807) is 52.1 Å². The van der Waals surface area contributed by atoms with Crippen molar-refractivity contribution in [2.24, 2.45) is 0 Å². The molecule has 0 aliphatic heterocycles. The number of halogens is 2. The normalized spacial score (nSPS) is 11.9. The highest BCUT2D eigenvalue weighted by molar-refractivity contribution is 6.32. The summed E-state index contributed by atoms with van der Waals surface area (Å²) in [6.07, 6.45) is 6.70. The number of nitriles is 1. The predicted molar refractivity (Wildman–Crippen MR) is 107 cm³/mol. The van der Waals surface area contributed by atoms with Crippen LogP contribution in [0, 0.1) is 17.1 Å². The van der Waals surface area contributed by atoms with Crippen LogP contribution in [0.2, 0.25) is 5.02 Å². The highest BCUT2D eigenvalue weighted by Gasteiger charge is 2.16. The molecule has 1 N–H and O–H groups in total. The Bertz CT molecular complexity index is 1230. The molecule has 0 bridgehead atoms. The molecule has 0 radical (unpaired) electrons. The largest absolute Gasteiger partial charge is 0.346 e. The number of carbonyl (C=O) groups excluding carboxylic acids is 1. The lowest BCUT2D eigenvalue weighted by Crippen LogP contribution is -2.36. The number of aromatic nitrogens is 5. The van der Waals surface area contributed by atoms with Gasteiger partial charge in [0, 0.05) is 36.4 Å². The number of benzene rings is 1. The number of rotatable bonds is 5. The van der Waals surface area contributed by atoms with Gasteiger partial charge >= 0.3 is 0 Å². The Morgan fingerprint density at radius 1 is 1.40 bits per heavy atom. The Kier molecular flexibility index (Phi) is 5.16. The number of hydrogen-bond donors (Lipinski definition) is 1. The van der Waals surface area contributed by atoms with Crippen molar-refractivity contribution < 1.29 is 9.18 Å². The van der Waals surface area contributed by atoms with Crippen LogP contribution in [0.15, 0.2) is 49.1 Å². The van der Waals surface area contributed by atoms with Gasteiger partial charge in [0.25, 0.3) is 5.91 Å². The first-order valence-electron chi connectivity index (χ1n) is 8.98. The maximum Gasteiger partial charge on any atom is 0.271 e. The summed E-state index contributed by atoms with van der Waals surface area (Å²) in [5.74, 6) is -0.571. The van der Waals surface area contributed by atoms with E-state index in [2.05, 4.69) is 20.4 Å². The zero-order chi connectivity index (χ0) is 21.3. The van der Waals surface area contributed by atoms with Crippen molar-refractivity contribution in [3.8, 4) is 17.3 Å². The molecule has 1 unspecified atom stereocenters. The number of hydrogen-bond acceptors (Lipinski definition) is 5. The minimum absolute atomic E-state index is 0.0321. The van der Waals surface area contributed by atoms with Crippen molar-refractivity contribution in [3.63, 3.8) is 0 Å². The molecule has 0 fully saturated rings. The standard InChI is InChI=1S/C20H15ClFN7O/c1-12(25-19(30)18-11-28-5-2-4-24-20(28)26-18)10-29-6-3-17(27-29)13-7-15(21)14(9-23)16(22)8-13/h2-8,11-12H,10H2,1H3,(H,25,30). The Morgan fingerprint density at radius 2 is 2.23 bits per heavy atom. The van der Waals surface area contributed by atoms with Crippen LogP contribution in [0.3, 0.4) is 0 Å². The zero-order valence-corrected chi connectivity index (χ0v) is 16.5. The first-order valence-corrected chi connectivity index (χ1v) is 9.36. The van der Waals surface area contributed by atoms with E-state index in [4.69, 9.17) is 16.9 Å². The fourth-order valence-corrected chi connectivity index (χ4v) is 3.26. The second-order valence-electron chi connectivity index (χ2n) is 6.68. The summed E-state index contributed by atoms with van der Waals surface area (Å²) >= 11 is 5.96. The van der Waals surface area contributed by atoms with Gasteiger partial charge in [-0.25, -0.2) is 14.4 Å². The van der Waals surface area contributed by atoms with Gasteiger partial charge in [-0.05, 0) is 31.2 Å². The molecule has 10 heteroatoms. The van der Waals surface area contributed by atoms with Gasteiger partial charge in [-0.1, -0.05) is 11.6 Å². The molecule has 4 aromatic rings. The molecule has 0 saturated heterocycles. The molecule has 8 nitrogen and oxygen atoms in total. The van der Waals surface area contributed by atoms with Crippen LogP contribution in [0.1, 0.15) is 23.0 Å². The molecule has 0 aliphatic carbocycles. The highest BCUT2D eigenvalue weighted by atomic mass is 35.5. The second-order valence-corrected chi connectivity index (χ2v) is 7.08. The second kappa shape index (κ2) is 7.93. The third kappa shape index (κ3) is 3.86. The van der Waals surface area contributed by atoms with Crippen molar-refractivity contribution in [2.75, 3.05) is 0 Å². The molecule has 0 aliphatic rings. The van der Waals surface area contributed by atoms with Gasteiger partial charge in [0.05, 0.1) is 17.3 Å². The van der Waals surface area contributed by atoms with Crippen LogP contribution >= 0.6 is 11.6 Å². The molecule has 3 heterocycles. The summed E-state index contributed by atoms with van der Waals surface area (Å²) in [5, 5.41) is 16.2. The van der Waals surface area contributed by atoms with Gasteiger partial charge in [-0.2, -0.15) is 10.4 Å². The van der Waals surface area contributed by atoms with Gasteiger partial charge in [0.15, 0.2) is 0 Å². The smallest absolute Gasteiger partial charge is 0.271 e. The Balaban J connectivity index is 1.44. The molecule has 30 heavy (non-hydrogen) atoms. The van der Waals surface area contributed by atoms with E-state index in [1.165, 1.54) is 12.1 Å². The molecular weight excluding hydrogens is 409 g/mol. The molecular formula is C20H15ClFN7O. The maximum absolute atomic E-state index is 14.0. The van der Waals surface area contributed by atoms with Crippen molar-refractivity contribution in [1.29, 1.82) is 5.26 Å². The van der Waals surface area contributed by atoms with Crippen LogP contribution in [0.25, 0.3) is 17.0 Å². The average Bonchev–Trinajstić information content (AvgIpc) is 3.34. The number of nitrogens with zero attached hydrogens (tertiary/aromatic N) is 6. The topological polar surface area (TPSA) is 101 Å². The molecule has 3 aromatic heterocycles. The molecule has 1 atom stereocenters. The summed E-state index contributed by atoms with van der Waals surface area (Å²) in [6.45, 7) is 2.23. The molecule has 1 amide bonds.